The molecule has 1 aliphatic carbocycles. The Bertz CT molecular complexity index is 1480. The monoisotopic (exact) mass is 552 g/mol. The number of halogens is 3. The van der Waals surface area contributed by atoms with Gasteiger partial charge in [-0.3, -0.25) is 14.5 Å². The van der Waals surface area contributed by atoms with Gasteiger partial charge in [0.15, 0.2) is 0 Å². The van der Waals surface area contributed by atoms with E-state index in [0.29, 0.717) is 18.3 Å². The van der Waals surface area contributed by atoms with Crippen LogP contribution in [0.25, 0.3) is 22.3 Å². The molecule has 1 N–H and O–H groups in total. The lowest BCUT2D eigenvalue weighted by Gasteiger charge is -2.45. The zero-order valence-corrected chi connectivity index (χ0v) is 21.8. The number of hydrogen-bond acceptors (Lipinski definition) is 8. The maximum absolute atomic E-state index is 13.4. The SMILES string of the molecule is FC(F)(F)c1nc(CN2CCC2)cc(OC2CCN(C3C[C](n4cc(-c5ncnc6[nH]ccc56)cn4)C3)CC2)n1. The second kappa shape index (κ2) is 10.1. The molecule has 0 aromatic carbocycles. The molecule has 13 heteroatoms. The number of ether oxygens (including phenoxy) is 1. The fourth-order valence-corrected chi connectivity index (χ4v) is 5.69. The van der Waals surface area contributed by atoms with E-state index in [1.54, 1.807) is 12.4 Å². The topological polar surface area (TPSA) is 101 Å². The van der Waals surface area contributed by atoms with Crippen LogP contribution >= 0.6 is 0 Å². The van der Waals surface area contributed by atoms with E-state index in [0.717, 1.165) is 80.6 Å². The third kappa shape index (κ3) is 5.03. The molecule has 10 nitrogen and oxygen atoms in total. The lowest BCUT2D eigenvalue weighted by molar-refractivity contribution is -0.145. The molecule has 0 spiro atoms. The zero-order chi connectivity index (χ0) is 27.3. The molecule has 4 aromatic heterocycles. The number of nitrogens with zero attached hydrogens (tertiary/aromatic N) is 8. The van der Waals surface area contributed by atoms with E-state index in [2.05, 4.69) is 39.8 Å². The number of likely N-dealkylation sites (tertiary alicyclic amines) is 2. The molecule has 40 heavy (non-hydrogen) atoms. The van der Waals surface area contributed by atoms with E-state index < -0.39 is 12.0 Å². The van der Waals surface area contributed by atoms with E-state index in [4.69, 9.17) is 4.74 Å². The summed E-state index contributed by atoms with van der Waals surface area (Å²) in [6, 6.07) is 5.21. The summed E-state index contributed by atoms with van der Waals surface area (Å²) in [6.07, 6.45) is 6.89. The molecular weight excluding hydrogens is 523 g/mol. The van der Waals surface area contributed by atoms with Crippen molar-refractivity contribution < 1.29 is 17.9 Å². The number of alkyl halides is 3. The lowest BCUT2D eigenvalue weighted by atomic mass is 9.84. The average molecular weight is 553 g/mol. The fourth-order valence-electron chi connectivity index (χ4n) is 5.69. The number of H-pyrrole nitrogens is 1. The molecule has 2 aliphatic heterocycles. The smallest absolute Gasteiger partial charge is 0.451 e. The number of aromatic nitrogens is 7. The number of aromatic amines is 1. The van der Waals surface area contributed by atoms with Crippen molar-refractivity contribution in [3.8, 4) is 17.1 Å². The Labute approximate surface area is 228 Å². The maximum Gasteiger partial charge on any atom is 0.451 e. The van der Waals surface area contributed by atoms with Crippen LogP contribution in [0.15, 0.2) is 37.1 Å². The van der Waals surface area contributed by atoms with Crippen molar-refractivity contribution in [2.75, 3.05) is 26.2 Å². The highest BCUT2D eigenvalue weighted by Crippen LogP contribution is 2.37. The van der Waals surface area contributed by atoms with Crippen LogP contribution in [0, 0.1) is 6.04 Å². The minimum Gasteiger partial charge on any atom is -0.474 e. The van der Waals surface area contributed by atoms with Gasteiger partial charge in [-0.2, -0.15) is 23.3 Å². The Hall–Kier alpha value is -3.58. The highest BCUT2D eigenvalue weighted by Gasteiger charge is 2.39. The minimum atomic E-state index is -4.61. The summed E-state index contributed by atoms with van der Waals surface area (Å²) >= 11 is 0. The van der Waals surface area contributed by atoms with Crippen molar-refractivity contribution in [3.63, 3.8) is 0 Å². The van der Waals surface area contributed by atoms with E-state index in [9.17, 15) is 13.2 Å². The quantitative estimate of drug-likeness (QED) is 0.368. The second-order valence-corrected chi connectivity index (χ2v) is 10.8. The average Bonchev–Trinajstić information content (AvgIpc) is 3.56. The van der Waals surface area contributed by atoms with Crippen LogP contribution in [-0.4, -0.2) is 82.8 Å². The summed E-state index contributed by atoms with van der Waals surface area (Å²) in [5, 5.41) is 5.54. The fraction of sp³-hybridized carbons (Fsp3) is 0.481. The summed E-state index contributed by atoms with van der Waals surface area (Å²) in [6.45, 7) is 3.80. The summed E-state index contributed by atoms with van der Waals surface area (Å²) < 4.78 is 48.2. The molecule has 0 atom stereocenters. The maximum atomic E-state index is 13.4. The predicted molar refractivity (Wildman–Crippen MR) is 139 cm³/mol. The Kier molecular flexibility index (Phi) is 6.42. The number of hydrogen-bond donors (Lipinski definition) is 1. The Balaban J connectivity index is 0.934. The number of fused-ring (bicyclic) bond motifs is 1. The predicted octanol–water partition coefficient (Wildman–Crippen LogP) is 3.92. The summed E-state index contributed by atoms with van der Waals surface area (Å²) in [7, 11) is 0. The highest BCUT2D eigenvalue weighted by atomic mass is 19.4. The van der Waals surface area contributed by atoms with E-state index in [-0.39, 0.29) is 12.0 Å². The largest absolute Gasteiger partial charge is 0.474 e. The lowest BCUT2D eigenvalue weighted by Crippen LogP contribution is -2.50. The van der Waals surface area contributed by atoms with E-state index in [1.165, 1.54) is 6.04 Å². The van der Waals surface area contributed by atoms with Crippen LogP contribution in [0.5, 0.6) is 5.88 Å². The molecule has 0 unspecified atom stereocenters. The van der Waals surface area contributed by atoms with Crippen LogP contribution in [-0.2, 0) is 12.7 Å². The summed E-state index contributed by atoms with van der Waals surface area (Å²) in [4.78, 5) is 23.8. The van der Waals surface area contributed by atoms with Crippen molar-refractivity contribution >= 4 is 11.0 Å². The standard InChI is InChI=1S/C27H29F3N9O/c28-27(29,30)26-35-18(15-37-6-1-7-37)10-23(36-26)40-21-3-8-38(9-4-21)19-11-20(12-19)39-14-17(13-34-39)24-22-2-5-31-25(22)33-16-32-24/h2,5,10,13-14,16,19,21H,1,3-4,6-9,11-12,15H2,(H,31,32,33). The van der Waals surface area contributed by atoms with E-state index >= 15 is 0 Å². The van der Waals surface area contributed by atoms with Gasteiger partial charge in [-0.05, 0) is 51.3 Å². The van der Waals surface area contributed by atoms with Crippen LogP contribution in [0.3, 0.4) is 0 Å². The second-order valence-electron chi connectivity index (χ2n) is 10.8. The van der Waals surface area contributed by atoms with Crippen LogP contribution in [0.2, 0.25) is 0 Å². The van der Waals surface area contributed by atoms with Crippen molar-refractivity contribution in [2.45, 2.75) is 57.0 Å². The third-order valence-electron chi connectivity index (χ3n) is 8.10. The van der Waals surface area contributed by atoms with Gasteiger partial charge in [-0.15, -0.1) is 0 Å². The molecule has 1 saturated carbocycles. The zero-order valence-electron chi connectivity index (χ0n) is 21.8. The molecule has 1 radical (unpaired) electrons. The van der Waals surface area contributed by atoms with Crippen molar-refractivity contribution in [2.24, 2.45) is 0 Å². The van der Waals surface area contributed by atoms with Crippen LogP contribution in [0.1, 0.15) is 43.6 Å². The molecule has 7 rings (SSSR count). The van der Waals surface area contributed by atoms with Gasteiger partial charge in [0.05, 0.1) is 23.6 Å². The van der Waals surface area contributed by atoms with Crippen molar-refractivity contribution in [1.82, 2.24) is 44.5 Å². The van der Waals surface area contributed by atoms with Gasteiger partial charge >= 0.3 is 6.18 Å². The summed E-state index contributed by atoms with van der Waals surface area (Å²) in [5.74, 6) is -1.11. The Morgan fingerprint density at radius 3 is 2.62 bits per heavy atom. The van der Waals surface area contributed by atoms with Gasteiger partial charge < -0.3 is 9.72 Å². The molecular formula is C27H29F3N9O. The molecule has 4 aromatic rings. The number of piperidine rings is 1. The first kappa shape index (κ1) is 25.4. The molecule has 209 valence electrons. The van der Waals surface area contributed by atoms with Crippen molar-refractivity contribution in [1.29, 1.82) is 0 Å². The molecule has 6 heterocycles. The summed E-state index contributed by atoms with van der Waals surface area (Å²) in [5.41, 5.74) is 2.96. The molecule has 3 aliphatic rings. The van der Waals surface area contributed by atoms with Gasteiger partial charge in [0.25, 0.3) is 0 Å². The first-order valence-corrected chi connectivity index (χ1v) is 13.7. The highest BCUT2D eigenvalue weighted by molar-refractivity contribution is 5.90. The van der Waals surface area contributed by atoms with Crippen molar-refractivity contribution in [3.05, 3.63) is 54.6 Å². The number of nitrogens with one attached hydrogen (secondary N) is 1. The normalized spacial score (nSPS) is 20.1. The van der Waals surface area contributed by atoms with Gasteiger partial charge in [0.2, 0.25) is 11.7 Å². The Morgan fingerprint density at radius 1 is 1.05 bits per heavy atom. The van der Waals surface area contributed by atoms with Crippen LogP contribution in [0.4, 0.5) is 13.2 Å². The van der Waals surface area contributed by atoms with E-state index in [1.807, 2.05) is 29.3 Å². The van der Waals surface area contributed by atoms with Crippen LogP contribution < -0.4 is 4.74 Å². The molecule has 3 fully saturated rings. The van der Waals surface area contributed by atoms with Gasteiger partial charge in [-0.25, -0.2) is 15.0 Å². The first-order valence-electron chi connectivity index (χ1n) is 13.7. The van der Waals surface area contributed by atoms with Gasteiger partial charge in [-0.1, -0.05) is 0 Å². The third-order valence-corrected chi connectivity index (χ3v) is 8.10. The Morgan fingerprint density at radius 2 is 1.88 bits per heavy atom. The molecule has 0 amide bonds. The molecule has 0 bridgehead atoms. The first-order chi connectivity index (χ1) is 19.4. The van der Waals surface area contributed by atoms with Gasteiger partial charge in [0.1, 0.15) is 18.1 Å². The van der Waals surface area contributed by atoms with Gasteiger partial charge in [0, 0.05) is 55.1 Å². The minimum absolute atomic E-state index is 0.0191. The number of rotatable bonds is 7. The molecule has 2 saturated heterocycles.